The SMILES string of the molecule is O=C1CC(C(=O)O)CC(C2CCC2)N1. The Morgan fingerprint density at radius 3 is 2.64 bits per heavy atom. The highest BCUT2D eigenvalue weighted by molar-refractivity contribution is 5.83. The molecule has 1 heterocycles. The van der Waals surface area contributed by atoms with E-state index in [-0.39, 0.29) is 18.4 Å². The van der Waals surface area contributed by atoms with Crippen LogP contribution >= 0.6 is 0 Å². The number of piperidine rings is 1. The Morgan fingerprint density at radius 2 is 2.14 bits per heavy atom. The van der Waals surface area contributed by atoms with E-state index in [0.29, 0.717) is 12.3 Å². The molecule has 0 aromatic carbocycles. The Bertz CT molecular complexity index is 260. The molecule has 0 aromatic heterocycles. The molecule has 0 bridgehead atoms. The van der Waals surface area contributed by atoms with Gasteiger partial charge in [0.1, 0.15) is 0 Å². The van der Waals surface area contributed by atoms with Gasteiger partial charge in [-0.25, -0.2) is 0 Å². The molecule has 78 valence electrons. The number of carboxylic acid groups (broad SMARTS) is 1. The molecule has 4 heteroatoms. The molecular weight excluding hydrogens is 182 g/mol. The Labute approximate surface area is 82.7 Å². The van der Waals surface area contributed by atoms with Gasteiger partial charge in [-0.2, -0.15) is 0 Å². The predicted molar refractivity (Wildman–Crippen MR) is 49.6 cm³/mol. The lowest BCUT2D eigenvalue weighted by molar-refractivity contribution is -0.146. The van der Waals surface area contributed by atoms with Gasteiger partial charge in [-0.05, 0) is 25.2 Å². The van der Waals surface area contributed by atoms with E-state index in [2.05, 4.69) is 5.32 Å². The van der Waals surface area contributed by atoms with Gasteiger partial charge in [0.25, 0.3) is 0 Å². The van der Waals surface area contributed by atoms with Crippen molar-refractivity contribution in [2.75, 3.05) is 0 Å². The standard InChI is InChI=1S/C10H15NO3/c12-9-5-7(10(13)14)4-8(11-9)6-2-1-3-6/h6-8H,1-5H2,(H,11,12)(H,13,14). The van der Waals surface area contributed by atoms with Gasteiger partial charge in [0.2, 0.25) is 5.91 Å². The summed E-state index contributed by atoms with van der Waals surface area (Å²) in [7, 11) is 0. The zero-order valence-corrected chi connectivity index (χ0v) is 8.03. The fourth-order valence-corrected chi connectivity index (χ4v) is 2.28. The minimum atomic E-state index is -0.829. The zero-order valence-electron chi connectivity index (χ0n) is 8.03. The number of amides is 1. The van der Waals surface area contributed by atoms with E-state index in [1.807, 2.05) is 0 Å². The van der Waals surface area contributed by atoms with Crippen molar-refractivity contribution in [2.45, 2.75) is 38.1 Å². The summed E-state index contributed by atoms with van der Waals surface area (Å²) >= 11 is 0. The van der Waals surface area contributed by atoms with E-state index in [4.69, 9.17) is 5.11 Å². The first-order chi connectivity index (χ1) is 6.66. The first-order valence-corrected chi connectivity index (χ1v) is 5.19. The van der Waals surface area contributed by atoms with Crippen LogP contribution < -0.4 is 5.32 Å². The van der Waals surface area contributed by atoms with Crippen LogP contribution in [0, 0.1) is 11.8 Å². The van der Waals surface area contributed by atoms with Crippen molar-refractivity contribution in [1.82, 2.24) is 5.32 Å². The zero-order chi connectivity index (χ0) is 10.1. The van der Waals surface area contributed by atoms with Crippen molar-refractivity contribution in [2.24, 2.45) is 11.8 Å². The molecule has 2 rings (SSSR count). The maximum atomic E-state index is 11.3. The molecule has 0 radical (unpaired) electrons. The van der Waals surface area contributed by atoms with Gasteiger partial charge >= 0.3 is 5.97 Å². The topological polar surface area (TPSA) is 66.4 Å². The monoisotopic (exact) mass is 197 g/mol. The summed E-state index contributed by atoms with van der Waals surface area (Å²) in [5, 5.41) is 11.8. The van der Waals surface area contributed by atoms with Crippen LogP contribution in [0.5, 0.6) is 0 Å². The van der Waals surface area contributed by atoms with Crippen molar-refractivity contribution in [3.8, 4) is 0 Å². The summed E-state index contributed by atoms with van der Waals surface area (Å²) in [6.07, 6.45) is 4.26. The highest BCUT2D eigenvalue weighted by Crippen LogP contribution is 2.34. The van der Waals surface area contributed by atoms with Crippen LogP contribution in [-0.4, -0.2) is 23.0 Å². The molecule has 0 spiro atoms. The van der Waals surface area contributed by atoms with Crippen molar-refractivity contribution in [1.29, 1.82) is 0 Å². The Balaban J connectivity index is 1.98. The smallest absolute Gasteiger partial charge is 0.307 e. The molecule has 2 aliphatic rings. The summed E-state index contributed by atoms with van der Waals surface area (Å²) in [6, 6.07) is 0.117. The summed E-state index contributed by atoms with van der Waals surface area (Å²) in [4.78, 5) is 22.1. The molecule has 1 saturated heterocycles. The summed E-state index contributed by atoms with van der Waals surface area (Å²) in [6.45, 7) is 0. The summed E-state index contributed by atoms with van der Waals surface area (Å²) < 4.78 is 0. The van der Waals surface area contributed by atoms with Gasteiger partial charge in [-0.3, -0.25) is 9.59 Å². The highest BCUT2D eigenvalue weighted by Gasteiger charge is 2.37. The van der Waals surface area contributed by atoms with Crippen molar-refractivity contribution in [3.05, 3.63) is 0 Å². The van der Waals surface area contributed by atoms with Gasteiger partial charge < -0.3 is 10.4 Å². The van der Waals surface area contributed by atoms with Crippen LogP contribution in [0.4, 0.5) is 0 Å². The van der Waals surface area contributed by atoms with E-state index >= 15 is 0 Å². The van der Waals surface area contributed by atoms with Crippen LogP contribution in [0.1, 0.15) is 32.1 Å². The largest absolute Gasteiger partial charge is 0.481 e. The van der Waals surface area contributed by atoms with Crippen molar-refractivity contribution < 1.29 is 14.7 Å². The molecule has 0 aromatic rings. The first kappa shape index (κ1) is 9.49. The number of nitrogens with one attached hydrogen (secondary N) is 1. The number of aliphatic carboxylic acids is 1. The molecule has 2 fully saturated rings. The molecule has 1 saturated carbocycles. The number of hydrogen-bond acceptors (Lipinski definition) is 2. The summed E-state index contributed by atoms with van der Waals surface area (Å²) in [5.74, 6) is -0.861. The minimum absolute atomic E-state index is 0.0967. The predicted octanol–water partition coefficient (Wildman–Crippen LogP) is 0.766. The minimum Gasteiger partial charge on any atom is -0.481 e. The number of rotatable bonds is 2. The fraction of sp³-hybridized carbons (Fsp3) is 0.800. The van der Waals surface area contributed by atoms with Gasteiger partial charge in [0.05, 0.1) is 5.92 Å². The third-order valence-electron chi connectivity index (χ3n) is 3.38. The third kappa shape index (κ3) is 1.74. The van der Waals surface area contributed by atoms with E-state index in [1.54, 1.807) is 0 Å². The fourth-order valence-electron chi connectivity index (χ4n) is 2.28. The van der Waals surface area contributed by atoms with Crippen LogP contribution in [0.3, 0.4) is 0 Å². The van der Waals surface area contributed by atoms with E-state index in [9.17, 15) is 9.59 Å². The Kier molecular flexibility index (Phi) is 2.44. The van der Waals surface area contributed by atoms with Crippen molar-refractivity contribution >= 4 is 11.9 Å². The van der Waals surface area contributed by atoms with Crippen LogP contribution in [0.15, 0.2) is 0 Å². The summed E-state index contributed by atoms with van der Waals surface area (Å²) in [5.41, 5.74) is 0. The molecule has 1 amide bonds. The lowest BCUT2D eigenvalue weighted by Gasteiger charge is -2.38. The highest BCUT2D eigenvalue weighted by atomic mass is 16.4. The van der Waals surface area contributed by atoms with E-state index in [0.717, 1.165) is 12.8 Å². The molecule has 2 atom stereocenters. The average molecular weight is 197 g/mol. The molecule has 2 N–H and O–H groups in total. The van der Waals surface area contributed by atoms with Crippen LogP contribution in [0.25, 0.3) is 0 Å². The molecule has 2 unspecified atom stereocenters. The lowest BCUT2D eigenvalue weighted by atomic mass is 9.75. The molecule has 1 aliphatic carbocycles. The van der Waals surface area contributed by atoms with Gasteiger partial charge in [0, 0.05) is 12.5 Å². The molecule has 14 heavy (non-hydrogen) atoms. The average Bonchev–Trinajstić information content (AvgIpc) is 1.99. The van der Waals surface area contributed by atoms with E-state index < -0.39 is 11.9 Å². The number of carbonyl (C=O) groups is 2. The van der Waals surface area contributed by atoms with Gasteiger partial charge in [-0.15, -0.1) is 0 Å². The Hall–Kier alpha value is -1.06. The Morgan fingerprint density at radius 1 is 1.43 bits per heavy atom. The van der Waals surface area contributed by atoms with Gasteiger partial charge in [-0.1, -0.05) is 6.42 Å². The molecular formula is C10H15NO3. The van der Waals surface area contributed by atoms with Crippen molar-refractivity contribution in [3.63, 3.8) is 0 Å². The normalized spacial score (nSPS) is 33.3. The number of carboxylic acids is 1. The molecule has 4 nitrogen and oxygen atoms in total. The van der Waals surface area contributed by atoms with E-state index in [1.165, 1.54) is 6.42 Å². The maximum absolute atomic E-state index is 11.3. The number of hydrogen-bond donors (Lipinski definition) is 2. The second kappa shape index (κ2) is 3.59. The van der Waals surface area contributed by atoms with Crippen LogP contribution in [-0.2, 0) is 9.59 Å². The lowest BCUT2D eigenvalue weighted by Crippen LogP contribution is -2.49. The number of carbonyl (C=O) groups excluding carboxylic acids is 1. The third-order valence-corrected chi connectivity index (χ3v) is 3.38. The second-order valence-corrected chi connectivity index (χ2v) is 4.34. The van der Waals surface area contributed by atoms with Gasteiger partial charge in [0.15, 0.2) is 0 Å². The van der Waals surface area contributed by atoms with Crippen LogP contribution in [0.2, 0.25) is 0 Å². The quantitative estimate of drug-likeness (QED) is 0.687. The first-order valence-electron chi connectivity index (χ1n) is 5.19. The maximum Gasteiger partial charge on any atom is 0.307 e. The second-order valence-electron chi connectivity index (χ2n) is 4.34. The molecule has 1 aliphatic heterocycles.